The lowest BCUT2D eigenvalue weighted by Crippen LogP contribution is -2.51. The molecule has 0 aliphatic carbocycles. The summed E-state index contributed by atoms with van der Waals surface area (Å²) in [6, 6.07) is 0. The highest BCUT2D eigenvalue weighted by atomic mass is 16.9. The number of nitrogens with two attached hydrogens (primary N) is 1. The Balaban J connectivity index is 0. The van der Waals surface area contributed by atoms with Crippen LogP contribution in [0.3, 0.4) is 0 Å². The fraction of sp³-hybridized carbons (Fsp3) is 1.00. The van der Waals surface area contributed by atoms with E-state index in [0.29, 0.717) is 0 Å². The first kappa shape index (κ1) is 15.5. The minimum absolute atomic E-state index is 0.0119. The van der Waals surface area contributed by atoms with Crippen LogP contribution in [0.5, 0.6) is 0 Å². The van der Waals surface area contributed by atoms with Crippen molar-refractivity contribution in [2.24, 2.45) is 5.73 Å². The van der Waals surface area contributed by atoms with Crippen molar-refractivity contribution in [1.29, 1.82) is 0 Å². The maximum absolute atomic E-state index is 8.82. The molecule has 7 nitrogen and oxygen atoms in total. The zero-order chi connectivity index (χ0) is 11.8. The summed E-state index contributed by atoms with van der Waals surface area (Å²) in [6.45, 7) is 5.96. The number of hydrogen-bond acceptors (Lipinski definition) is 5. The molecule has 0 aliphatic heterocycles. The van der Waals surface area contributed by atoms with Crippen LogP contribution >= 0.6 is 0 Å². The Hall–Kier alpha value is -0.920. The van der Waals surface area contributed by atoms with E-state index in [2.05, 4.69) is 5.32 Å². The van der Waals surface area contributed by atoms with Crippen molar-refractivity contribution < 1.29 is 15.4 Å². The van der Waals surface area contributed by atoms with Gasteiger partial charge in [-0.15, -0.1) is 10.1 Å². The van der Waals surface area contributed by atoms with E-state index >= 15 is 0 Å². The molecule has 0 saturated heterocycles. The highest BCUT2D eigenvalue weighted by molar-refractivity contribution is 4.78. The maximum Gasteiger partial charge on any atom is 0.291 e. The van der Waals surface area contributed by atoms with Crippen molar-refractivity contribution in [3.63, 3.8) is 0 Å². The monoisotopic (exact) mass is 209 g/mol. The molecule has 7 heteroatoms. The summed E-state index contributed by atoms with van der Waals surface area (Å²) in [7, 11) is 0. The lowest BCUT2D eigenvalue weighted by Gasteiger charge is -2.27. The van der Waals surface area contributed by atoms with E-state index in [1.54, 1.807) is 0 Å². The maximum atomic E-state index is 8.82. The lowest BCUT2D eigenvalue weighted by molar-refractivity contribution is -0.742. The molecule has 14 heavy (non-hydrogen) atoms. The van der Waals surface area contributed by atoms with Crippen LogP contribution in [0.25, 0.3) is 0 Å². The molecule has 0 heterocycles. The van der Waals surface area contributed by atoms with Crippen molar-refractivity contribution in [2.45, 2.75) is 38.9 Å². The summed E-state index contributed by atoms with van der Waals surface area (Å²) < 4.78 is 0. The van der Waals surface area contributed by atoms with Gasteiger partial charge in [0, 0.05) is 5.54 Å². The van der Waals surface area contributed by atoms with Gasteiger partial charge in [0.25, 0.3) is 5.09 Å². The second-order valence-electron chi connectivity index (χ2n) is 3.44. The summed E-state index contributed by atoms with van der Waals surface area (Å²) in [5, 5.41) is 25.5. The molecule has 0 fully saturated rings. The second-order valence-corrected chi connectivity index (χ2v) is 3.44. The molecule has 0 rings (SSSR count). The molecule has 0 bridgehead atoms. The average molecular weight is 209 g/mol. The first-order chi connectivity index (χ1) is 6.25. The van der Waals surface area contributed by atoms with E-state index < -0.39 is 5.09 Å². The van der Waals surface area contributed by atoms with Crippen molar-refractivity contribution in [2.75, 3.05) is 6.61 Å². The normalized spacial score (nSPS) is 12.6. The summed E-state index contributed by atoms with van der Waals surface area (Å²) in [5.74, 6) is 0. The molecule has 0 aromatic carbocycles. The zero-order valence-corrected chi connectivity index (χ0v) is 8.73. The molecular formula is C7H19N3O4. The number of aliphatic hydroxyl groups is 1. The van der Waals surface area contributed by atoms with E-state index in [-0.39, 0.29) is 18.3 Å². The van der Waals surface area contributed by atoms with Crippen molar-refractivity contribution in [1.82, 2.24) is 5.32 Å². The summed E-state index contributed by atoms with van der Waals surface area (Å²) in [5.41, 5.74) is 5.36. The van der Waals surface area contributed by atoms with E-state index in [9.17, 15) is 0 Å². The molecule has 0 aliphatic rings. The minimum Gasteiger partial charge on any atom is -0.394 e. The van der Waals surface area contributed by atoms with Gasteiger partial charge in [0.15, 0.2) is 0 Å². The van der Waals surface area contributed by atoms with Gasteiger partial charge in [0.2, 0.25) is 0 Å². The van der Waals surface area contributed by atoms with Gasteiger partial charge >= 0.3 is 0 Å². The SMILES string of the molecule is CCC(N)NC(C)(C)CO.O=[N+]([O-])O. The minimum atomic E-state index is -1.50. The van der Waals surface area contributed by atoms with Crippen LogP contribution in [0.1, 0.15) is 27.2 Å². The molecule has 0 amide bonds. The molecule has 0 aromatic heterocycles. The molecule has 1 atom stereocenters. The van der Waals surface area contributed by atoms with Crippen LogP contribution in [0.2, 0.25) is 0 Å². The van der Waals surface area contributed by atoms with Crippen LogP contribution < -0.4 is 11.1 Å². The second kappa shape index (κ2) is 7.48. The Morgan fingerprint density at radius 2 is 2.00 bits per heavy atom. The third-order valence-electron chi connectivity index (χ3n) is 1.41. The van der Waals surface area contributed by atoms with E-state index in [1.807, 2.05) is 20.8 Å². The molecule has 0 spiro atoms. The van der Waals surface area contributed by atoms with Gasteiger partial charge < -0.3 is 16.0 Å². The third-order valence-corrected chi connectivity index (χ3v) is 1.41. The summed E-state index contributed by atoms with van der Waals surface area (Å²) >= 11 is 0. The Bertz CT molecular complexity index is 159. The molecule has 86 valence electrons. The van der Waals surface area contributed by atoms with Gasteiger partial charge in [0.05, 0.1) is 12.8 Å². The number of hydrogen-bond donors (Lipinski definition) is 4. The first-order valence-electron chi connectivity index (χ1n) is 4.22. The van der Waals surface area contributed by atoms with Crippen LogP contribution in [0, 0.1) is 10.1 Å². The number of nitrogens with zero attached hydrogens (tertiary/aromatic N) is 1. The van der Waals surface area contributed by atoms with Gasteiger partial charge in [-0.1, -0.05) is 6.92 Å². The fourth-order valence-electron chi connectivity index (χ4n) is 0.650. The highest BCUT2D eigenvalue weighted by Crippen LogP contribution is 2.00. The van der Waals surface area contributed by atoms with E-state index in [4.69, 9.17) is 26.2 Å². The molecule has 1 unspecified atom stereocenters. The predicted octanol–water partition coefficient (Wildman–Crippen LogP) is -0.306. The number of rotatable bonds is 4. The van der Waals surface area contributed by atoms with Crippen LogP contribution in [0.15, 0.2) is 0 Å². The van der Waals surface area contributed by atoms with Crippen LogP contribution in [-0.2, 0) is 0 Å². The number of aliphatic hydroxyl groups excluding tert-OH is 1. The molecule has 5 N–H and O–H groups in total. The number of nitrogens with one attached hydrogen (secondary N) is 1. The Morgan fingerprint density at radius 3 is 2.21 bits per heavy atom. The summed E-state index contributed by atoms with van der Waals surface area (Å²) in [4.78, 5) is 8.36. The van der Waals surface area contributed by atoms with Crippen LogP contribution in [-0.4, -0.2) is 33.7 Å². The van der Waals surface area contributed by atoms with Gasteiger partial charge in [-0.3, -0.25) is 5.32 Å². The Kier molecular flexibility index (Phi) is 8.31. The Labute approximate surface area is 83.0 Å². The predicted molar refractivity (Wildman–Crippen MR) is 51.3 cm³/mol. The van der Waals surface area contributed by atoms with E-state index in [0.717, 1.165) is 6.42 Å². The van der Waals surface area contributed by atoms with Gasteiger partial charge in [0.1, 0.15) is 0 Å². The Morgan fingerprint density at radius 1 is 1.64 bits per heavy atom. The zero-order valence-electron chi connectivity index (χ0n) is 8.73. The largest absolute Gasteiger partial charge is 0.394 e. The average Bonchev–Trinajstić information content (AvgIpc) is 2.02. The van der Waals surface area contributed by atoms with Crippen LogP contribution in [0.4, 0.5) is 0 Å². The smallest absolute Gasteiger partial charge is 0.291 e. The third kappa shape index (κ3) is 13.7. The molecule has 0 radical (unpaired) electrons. The molecule has 0 aromatic rings. The van der Waals surface area contributed by atoms with Crippen molar-refractivity contribution >= 4 is 0 Å². The van der Waals surface area contributed by atoms with Crippen molar-refractivity contribution in [3.8, 4) is 0 Å². The van der Waals surface area contributed by atoms with Gasteiger partial charge in [-0.2, -0.15) is 0 Å². The van der Waals surface area contributed by atoms with Gasteiger partial charge in [-0.25, -0.2) is 0 Å². The fourth-order valence-corrected chi connectivity index (χ4v) is 0.650. The topological polar surface area (TPSA) is 122 Å². The first-order valence-corrected chi connectivity index (χ1v) is 4.22. The highest BCUT2D eigenvalue weighted by Gasteiger charge is 2.17. The quantitative estimate of drug-likeness (QED) is 0.286. The standard InChI is InChI=1S/C7H18N2O.HNO3/c1-4-6(8)9-7(2,3)5-10;2-1(3)4/h6,9-10H,4-5,8H2,1-3H3;(H,2,3,4). The molecule has 0 saturated carbocycles. The van der Waals surface area contributed by atoms with Gasteiger partial charge in [-0.05, 0) is 20.3 Å². The summed E-state index contributed by atoms with van der Waals surface area (Å²) in [6.07, 6.45) is 0.867. The molecular weight excluding hydrogens is 190 g/mol. The van der Waals surface area contributed by atoms with Crippen molar-refractivity contribution in [3.05, 3.63) is 10.1 Å². The van der Waals surface area contributed by atoms with E-state index in [1.165, 1.54) is 0 Å². The lowest BCUT2D eigenvalue weighted by atomic mass is 10.1.